The van der Waals surface area contributed by atoms with Crippen LogP contribution in [0.2, 0.25) is 0 Å². The molecule has 0 radical (unpaired) electrons. The van der Waals surface area contributed by atoms with Gasteiger partial charge in [0, 0.05) is 24.8 Å². The first-order valence-electron chi connectivity index (χ1n) is 7.67. The molecule has 3 heteroatoms. The van der Waals surface area contributed by atoms with E-state index in [0.717, 1.165) is 55.7 Å². The Bertz CT molecular complexity index is 383. The zero-order valence-electron chi connectivity index (χ0n) is 13.3. The molecule has 114 valence electrons. The summed E-state index contributed by atoms with van der Waals surface area (Å²) in [5, 5.41) is 3.47. The van der Waals surface area contributed by atoms with E-state index in [9.17, 15) is 4.39 Å². The fourth-order valence-electron chi connectivity index (χ4n) is 2.57. The number of aryl methyl sites for hydroxylation is 2. The second-order valence-electron chi connectivity index (χ2n) is 5.32. The van der Waals surface area contributed by atoms with Gasteiger partial charge >= 0.3 is 0 Å². The largest absolute Gasteiger partial charge is 0.382 e. The summed E-state index contributed by atoms with van der Waals surface area (Å²) in [5.74, 6) is -0.0903. The Labute approximate surface area is 122 Å². The van der Waals surface area contributed by atoms with Crippen molar-refractivity contribution >= 4 is 0 Å². The van der Waals surface area contributed by atoms with Crippen LogP contribution in [0, 0.1) is 19.7 Å². The zero-order valence-corrected chi connectivity index (χ0v) is 13.3. The van der Waals surface area contributed by atoms with Gasteiger partial charge in [0.05, 0.1) is 0 Å². The molecule has 1 unspecified atom stereocenters. The SMILES string of the molecule is CCCNC(CCCOCC)c1c(C)cc(C)cc1F. The van der Waals surface area contributed by atoms with Crippen LogP contribution < -0.4 is 5.32 Å². The highest BCUT2D eigenvalue weighted by Crippen LogP contribution is 2.26. The van der Waals surface area contributed by atoms with Crippen LogP contribution in [-0.4, -0.2) is 19.8 Å². The van der Waals surface area contributed by atoms with Crippen molar-refractivity contribution in [2.24, 2.45) is 0 Å². The topological polar surface area (TPSA) is 21.3 Å². The van der Waals surface area contributed by atoms with Gasteiger partial charge < -0.3 is 10.1 Å². The van der Waals surface area contributed by atoms with Crippen molar-refractivity contribution in [2.75, 3.05) is 19.8 Å². The lowest BCUT2D eigenvalue weighted by atomic mass is 9.95. The Morgan fingerprint density at radius 2 is 2.00 bits per heavy atom. The van der Waals surface area contributed by atoms with Crippen LogP contribution in [0.5, 0.6) is 0 Å². The normalized spacial score (nSPS) is 12.7. The van der Waals surface area contributed by atoms with E-state index < -0.39 is 0 Å². The number of hydrogen-bond acceptors (Lipinski definition) is 2. The summed E-state index contributed by atoms with van der Waals surface area (Å²) in [6, 6.07) is 3.77. The summed E-state index contributed by atoms with van der Waals surface area (Å²) in [5.41, 5.74) is 2.83. The smallest absolute Gasteiger partial charge is 0.128 e. The molecule has 0 saturated carbocycles. The highest BCUT2D eigenvalue weighted by molar-refractivity contribution is 5.34. The van der Waals surface area contributed by atoms with E-state index in [4.69, 9.17) is 4.74 Å². The number of ether oxygens (including phenoxy) is 1. The first-order chi connectivity index (χ1) is 9.60. The van der Waals surface area contributed by atoms with E-state index in [1.165, 1.54) is 0 Å². The number of rotatable bonds is 9. The summed E-state index contributed by atoms with van der Waals surface area (Å²) < 4.78 is 19.7. The number of halogens is 1. The lowest BCUT2D eigenvalue weighted by Crippen LogP contribution is -2.24. The molecule has 0 heterocycles. The van der Waals surface area contributed by atoms with Gasteiger partial charge in [0.2, 0.25) is 0 Å². The van der Waals surface area contributed by atoms with Crippen molar-refractivity contribution in [1.29, 1.82) is 0 Å². The highest BCUT2D eigenvalue weighted by atomic mass is 19.1. The Morgan fingerprint density at radius 3 is 2.60 bits per heavy atom. The Balaban J connectivity index is 2.81. The van der Waals surface area contributed by atoms with Gasteiger partial charge in [0.1, 0.15) is 5.82 Å². The molecule has 1 aromatic rings. The molecule has 1 rings (SSSR count). The third-order valence-corrected chi connectivity index (χ3v) is 3.46. The number of nitrogens with one attached hydrogen (secondary N) is 1. The molecule has 1 atom stereocenters. The molecule has 1 aromatic carbocycles. The molecule has 0 spiro atoms. The molecule has 0 fully saturated rings. The second kappa shape index (κ2) is 9.09. The molecule has 0 aliphatic rings. The lowest BCUT2D eigenvalue weighted by Gasteiger charge is -2.22. The van der Waals surface area contributed by atoms with E-state index >= 15 is 0 Å². The van der Waals surface area contributed by atoms with Crippen LogP contribution in [-0.2, 0) is 4.74 Å². The molecule has 0 aliphatic carbocycles. The first-order valence-corrected chi connectivity index (χ1v) is 7.67. The maximum atomic E-state index is 14.3. The summed E-state index contributed by atoms with van der Waals surface area (Å²) in [6.07, 6.45) is 2.90. The Morgan fingerprint density at radius 1 is 1.25 bits per heavy atom. The van der Waals surface area contributed by atoms with Gasteiger partial charge in [-0.05, 0) is 63.8 Å². The average Bonchev–Trinajstić information content (AvgIpc) is 2.38. The second-order valence-corrected chi connectivity index (χ2v) is 5.32. The summed E-state index contributed by atoms with van der Waals surface area (Å²) >= 11 is 0. The fraction of sp³-hybridized carbons (Fsp3) is 0.647. The van der Waals surface area contributed by atoms with E-state index in [2.05, 4.69) is 18.3 Å². The minimum atomic E-state index is -0.0903. The van der Waals surface area contributed by atoms with E-state index in [0.29, 0.717) is 0 Å². The standard InChI is InChI=1S/C17H28FNO/c1-5-9-19-16(8-7-10-20-6-2)17-14(4)11-13(3)12-15(17)18/h11-12,16,19H,5-10H2,1-4H3. The molecule has 20 heavy (non-hydrogen) atoms. The Kier molecular flexibility index (Phi) is 7.78. The van der Waals surface area contributed by atoms with Crippen molar-refractivity contribution in [3.63, 3.8) is 0 Å². The molecule has 0 saturated heterocycles. The van der Waals surface area contributed by atoms with Gasteiger partial charge in [-0.15, -0.1) is 0 Å². The van der Waals surface area contributed by atoms with Gasteiger partial charge in [0.15, 0.2) is 0 Å². The predicted octanol–water partition coefficient (Wildman–Crippen LogP) is 4.30. The molecular formula is C17H28FNO. The molecular weight excluding hydrogens is 253 g/mol. The molecule has 0 bridgehead atoms. The summed E-state index contributed by atoms with van der Waals surface area (Å²) in [6.45, 7) is 10.4. The van der Waals surface area contributed by atoms with Gasteiger partial charge in [-0.2, -0.15) is 0 Å². The fourth-order valence-corrected chi connectivity index (χ4v) is 2.57. The maximum absolute atomic E-state index is 14.3. The highest BCUT2D eigenvalue weighted by Gasteiger charge is 2.17. The average molecular weight is 281 g/mol. The van der Waals surface area contributed by atoms with Crippen LogP contribution in [0.15, 0.2) is 12.1 Å². The first kappa shape index (κ1) is 17.1. The van der Waals surface area contributed by atoms with Gasteiger partial charge in [-0.25, -0.2) is 4.39 Å². The monoisotopic (exact) mass is 281 g/mol. The Hall–Kier alpha value is -0.930. The third kappa shape index (κ3) is 5.22. The molecule has 0 aliphatic heterocycles. The summed E-state index contributed by atoms with van der Waals surface area (Å²) in [7, 11) is 0. The van der Waals surface area contributed by atoms with Crippen molar-refractivity contribution in [3.8, 4) is 0 Å². The molecule has 2 nitrogen and oxygen atoms in total. The van der Waals surface area contributed by atoms with Crippen molar-refractivity contribution in [1.82, 2.24) is 5.32 Å². The molecule has 0 aromatic heterocycles. The van der Waals surface area contributed by atoms with Crippen LogP contribution in [0.4, 0.5) is 4.39 Å². The minimum absolute atomic E-state index is 0.0796. The van der Waals surface area contributed by atoms with E-state index in [-0.39, 0.29) is 11.9 Å². The maximum Gasteiger partial charge on any atom is 0.128 e. The summed E-state index contributed by atoms with van der Waals surface area (Å²) in [4.78, 5) is 0. The van der Waals surface area contributed by atoms with Gasteiger partial charge in [0.25, 0.3) is 0 Å². The number of hydrogen-bond donors (Lipinski definition) is 1. The van der Waals surface area contributed by atoms with E-state index in [1.54, 1.807) is 6.07 Å². The van der Waals surface area contributed by atoms with Crippen LogP contribution in [0.3, 0.4) is 0 Å². The van der Waals surface area contributed by atoms with Crippen LogP contribution in [0.25, 0.3) is 0 Å². The quantitative estimate of drug-likeness (QED) is 0.681. The van der Waals surface area contributed by atoms with E-state index in [1.807, 2.05) is 20.8 Å². The van der Waals surface area contributed by atoms with Crippen LogP contribution in [0.1, 0.15) is 55.8 Å². The van der Waals surface area contributed by atoms with Gasteiger partial charge in [-0.3, -0.25) is 0 Å². The predicted molar refractivity (Wildman–Crippen MR) is 82.6 cm³/mol. The van der Waals surface area contributed by atoms with Crippen molar-refractivity contribution < 1.29 is 9.13 Å². The van der Waals surface area contributed by atoms with Gasteiger partial charge in [-0.1, -0.05) is 13.0 Å². The van der Waals surface area contributed by atoms with Crippen molar-refractivity contribution in [2.45, 2.75) is 53.0 Å². The third-order valence-electron chi connectivity index (χ3n) is 3.46. The molecule has 1 N–H and O–H groups in total. The molecule has 0 amide bonds. The number of benzene rings is 1. The van der Waals surface area contributed by atoms with Crippen LogP contribution >= 0.6 is 0 Å². The minimum Gasteiger partial charge on any atom is -0.382 e. The zero-order chi connectivity index (χ0) is 15.0. The van der Waals surface area contributed by atoms with Crippen molar-refractivity contribution in [3.05, 3.63) is 34.6 Å². The lowest BCUT2D eigenvalue weighted by molar-refractivity contribution is 0.140.